The molecular weight excluding hydrogens is 194 g/mol. The molecule has 1 aliphatic rings. The van der Waals surface area contributed by atoms with Gasteiger partial charge < -0.3 is 10.1 Å². The first-order valence-corrected chi connectivity index (χ1v) is 5.28. The number of carbonyl (C=O) groups excluding carboxylic acids is 2. The van der Waals surface area contributed by atoms with Gasteiger partial charge in [0.2, 0.25) is 6.29 Å². The van der Waals surface area contributed by atoms with Crippen LogP contribution in [-0.4, -0.2) is 24.0 Å². The molecule has 4 nitrogen and oxygen atoms in total. The fourth-order valence-electron chi connectivity index (χ4n) is 1.69. The zero-order chi connectivity index (χ0) is 11.5. The average molecular weight is 212 g/mol. The molecule has 2 unspecified atom stereocenters. The molecule has 0 aromatic rings. The van der Waals surface area contributed by atoms with Gasteiger partial charge in [0.25, 0.3) is 0 Å². The molecule has 0 aromatic heterocycles. The van der Waals surface area contributed by atoms with Crippen molar-refractivity contribution in [2.75, 3.05) is 0 Å². The maximum absolute atomic E-state index is 11.4. The van der Waals surface area contributed by atoms with Crippen molar-refractivity contribution in [3.05, 3.63) is 0 Å². The molecule has 0 saturated heterocycles. The third-order valence-electron chi connectivity index (χ3n) is 2.32. The van der Waals surface area contributed by atoms with Gasteiger partial charge in [-0.25, -0.2) is 4.79 Å². The first-order chi connectivity index (χ1) is 6.90. The van der Waals surface area contributed by atoms with Crippen LogP contribution in [-0.2, 0) is 9.53 Å². The van der Waals surface area contributed by atoms with Crippen molar-refractivity contribution in [3.63, 3.8) is 0 Å². The molecule has 1 fully saturated rings. The molecule has 2 atom stereocenters. The van der Waals surface area contributed by atoms with Crippen molar-refractivity contribution in [2.45, 2.75) is 51.7 Å². The van der Waals surface area contributed by atoms with Gasteiger partial charge in [-0.05, 0) is 40.0 Å². The highest BCUT2D eigenvalue weighted by atomic mass is 16.6. The van der Waals surface area contributed by atoms with Crippen molar-refractivity contribution in [3.8, 4) is 0 Å². The Hall–Kier alpha value is -1.06. The van der Waals surface area contributed by atoms with Crippen LogP contribution in [0.5, 0.6) is 0 Å². The minimum Gasteiger partial charge on any atom is -0.444 e. The van der Waals surface area contributed by atoms with Crippen LogP contribution >= 0.6 is 0 Å². The standard InChI is InChI=1S/C11H18NO3/c1-11(2,3)15-10(14)12-9-5-4-8(6-9)7-13/h8-9H,4-6H2,1-3H3,(H,12,14). The van der Waals surface area contributed by atoms with Gasteiger partial charge in [0, 0.05) is 12.0 Å². The minimum absolute atomic E-state index is 0.0232. The Balaban J connectivity index is 2.31. The summed E-state index contributed by atoms with van der Waals surface area (Å²) in [4.78, 5) is 21.8. The summed E-state index contributed by atoms with van der Waals surface area (Å²) < 4.78 is 5.12. The van der Waals surface area contributed by atoms with E-state index < -0.39 is 11.7 Å². The number of ether oxygens (including phenoxy) is 1. The summed E-state index contributed by atoms with van der Waals surface area (Å²) in [5.41, 5.74) is -0.473. The SMILES string of the molecule is CC(C)(C)OC(=O)NC1CCC([C]=O)C1. The average Bonchev–Trinajstić information content (AvgIpc) is 2.48. The first kappa shape index (κ1) is 12.0. The summed E-state index contributed by atoms with van der Waals surface area (Å²) in [5.74, 6) is -0.0232. The molecule has 0 bridgehead atoms. The zero-order valence-corrected chi connectivity index (χ0v) is 9.50. The largest absolute Gasteiger partial charge is 0.444 e. The monoisotopic (exact) mass is 212 g/mol. The molecule has 1 saturated carbocycles. The van der Waals surface area contributed by atoms with Crippen molar-refractivity contribution < 1.29 is 14.3 Å². The van der Waals surface area contributed by atoms with Gasteiger partial charge in [-0.3, -0.25) is 4.79 Å². The van der Waals surface area contributed by atoms with E-state index in [2.05, 4.69) is 5.32 Å². The summed E-state index contributed by atoms with van der Waals surface area (Å²) in [6, 6.07) is 0.0614. The Morgan fingerprint density at radius 1 is 1.40 bits per heavy atom. The van der Waals surface area contributed by atoms with E-state index in [1.165, 1.54) is 0 Å². The van der Waals surface area contributed by atoms with Crippen LogP contribution in [0, 0.1) is 5.92 Å². The third-order valence-corrected chi connectivity index (χ3v) is 2.32. The van der Waals surface area contributed by atoms with Crippen molar-refractivity contribution in [1.29, 1.82) is 0 Å². The number of alkyl carbamates (subject to hydrolysis) is 1. The number of amides is 1. The molecule has 0 aromatic carbocycles. The Kier molecular flexibility index (Phi) is 3.72. The maximum Gasteiger partial charge on any atom is 0.407 e. The molecule has 1 rings (SSSR count). The molecule has 0 heterocycles. The maximum atomic E-state index is 11.4. The quantitative estimate of drug-likeness (QED) is 0.759. The van der Waals surface area contributed by atoms with Gasteiger partial charge in [-0.2, -0.15) is 0 Å². The van der Waals surface area contributed by atoms with E-state index in [4.69, 9.17) is 4.74 Å². The lowest BCUT2D eigenvalue weighted by atomic mass is 10.1. The first-order valence-electron chi connectivity index (χ1n) is 5.28. The summed E-state index contributed by atoms with van der Waals surface area (Å²) >= 11 is 0. The van der Waals surface area contributed by atoms with Gasteiger partial charge in [-0.1, -0.05) is 0 Å². The fourth-order valence-corrected chi connectivity index (χ4v) is 1.69. The number of hydrogen-bond donors (Lipinski definition) is 1. The minimum atomic E-state index is -0.473. The van der Waals surface area contributed by atoms with Crippen molar-refractivity contribution in [2.24, 2.45) is 5.92 Å². The smallest absolute Gasteiger partial charge is 0.407 e. The van der Waals surface area contributed by atoms with Gasteiger partial charge in [-0.15, -0.1) is 0 Å². The van der Waals surface area contributed by atoms with E-state index in [9.17, 15) is 9.59 Å². The predicted octanol–water partition coefficient (Wildman–Crippen LogP) is 1.79. The predicted molar refractivity (Wildman–Crippen MR) is 56.2 cm³/mol. The highest BCUT2D eigenvalue weighted by Gasteiger charge is 2.27. The molecule has 0 spiro atoms. The van der Waals surface area contributed by atoms with Crippen LogP contribution in [0.3, 0.4) is 0 Å². The second-order valence-electron chi connectivity index (χ2n) is 4.97. The lowest BCUT2D eigenvalue weighted by molar-refractivity contribution is 0.0505. The molecule has 0 aliphatic heterocycles. The van der Waals surface area contributed by atoms with E-state index in [1.54, 1.807) is 0 Å². The number of hydrogen-bond acceptors (Lipinski definition) is 3. The van der Waals surface area contributed by atoms with Gasteiger partial charge in [0.15, 0.2) is 0 Å². The molecule has 1 N–H and O–H groups in total. The normalized spacial score (nSPS) is 26.1. The third kappa shape index (κ3) is 4.32. The lowest BCUT2D eigenvalue weighted by Crippen LogP contribution is -2.37. The molecular formula is C11H18NO3. The lowest BCUT2D eigenvalue weighted by Gasteiger charge is -2.21. The highest BCUT2D eigenvalue weighted by Crippen LogP contribution is 2.23. The Labute approximate surface area is 90.4 Å². The van der Waals surface area contributed by atoms with Gasteiger partial charge >= 0.3 is 6.09 Å². The Morgan fingerprint density at radius 2 is 2.07 bits per heavy atom. The van der Waals surface area contributed by atoms with Crippen molar-refractivity contribution in [1.82, 2.24) is 5.32 Å². The molecule has 4 heteroatoms. The van der Waals surface area contributed by atoms with E-state index >= 15 is 0 Å². The molecule has 1 aliphatic carbocycles. The van der Waals surface area contributed by atoms with Crippen LogP contribution in [0.2, 0.25) is 0 Å². The van der Waals surface area contributed by atoms with E-state index in [-0.39, 0.29) is 12.0 Å². The molecule has 1 radical (unpaired) electrons. The number of rotatable bonds is 2. The van der Waals surface area contributed by atoms with Crippen LogP contribution in [0.4, 0.5) is 4.79 Å². The summed E-state index contributed by atoms with van der Waals surface area (Å²) in [7, 11) is 0. The Morgan fingerprint density at radius 3 is 2.53 bits per heavy atom. The zero-order valence-electron chi connectivity index (χ0n) is 9.50. The van der Waals surface area contributed by atoms with E-state index in [1.807, 2.05) is 27.1 Å². The molecule has 15 heavy (non-hydrogen) atoms. The van der Waals surface area contributed by atoms with Crippen LogP contribution in [0.25, 0.3) is 0 Å². The summed E-state index contributed by atoms with van der Waals surface area (Å²) in [6.07, 6.45) is 3.89. The number of carbonyl (C=O) groups is 1. The van der Waals surface area contributed by atoms with Crippen LogP contribution in [0.1, 0.15) is 40.0 Å². The van der Waals surface area contributed by atoms with E-state index in [0.717, 1.165) is 12.8 Å². The molecule has 1 amide bonds. The van der Waals surface area contributed by atoms with Gasteiger partial charge in [0.1, 0.15) is 5.60 Å². The van der Waals surface area contributed by atoms with E-state index in [0.29, 0.717) is 6.42 Å². The fraction of sp³-hybridized carbons (Fsp3) is 0.818. The topological polar surface area (TPSA) is 55.4 Å². The Bertz CT molecular complexity index is 245. The number of nitrogens with one attached hydrogen (secondary N) is 1. The summed E-state index contributed by atoms with van der Waals surface area (Å²) in [5, 5.41) is 2.76. The highest BCUT2D eigenvalue weighted by molar-refractivity contribution is 5.68. The second-order valence-corrected chi connectivity index (χ2v) is 4.97. The van der Waals surface area contributed by atoms with Crippen molar-refractivity contribution >= 4 is 12.4 Å². The molecule has 85 valence electrons. The van der Waals surface area contributed by atoms with Gasteiger partial charge in [0.05, 0.1) is 0 Å². The summed E-state index contributed by atoms with van der Waals surface area (Å²) in [6.45, 7) is 5.47. The second kappa shape index (κ2) is 4.64. The van der Waals surface area contributed by atoms with Crippen LogP contribution < -0.4 is 5.32 Å². The van der Waals surface area contributed by atoms with Crippen LogP contribution in [0.15, 0.2) is 0 Å².